The van der Waals surface area contributed by atoms with Crippen LogP contribution in [0.4, 0.5) is 5.69 Å². The van der Waals surface area contributed by atoms with Gasteiger partial charge in [-0.2, -0.15) is 0 Å². The first-order valence-electron chi connectivity index (χ1n) is 8.00. The minimum atomic E-state index is -0.0711. The molecule has 1 aromatic heterocycles. The molecule has 1 N–H and O–H groups in total. The van der Waals surface area contributed by atoms with E-state index in [-0.39, 0.29) is 11.7 Å². The Morgan fingerprint density at radius 2 is 1.72 bits per heavy atom. The first-order valence-corrected chi connectivity index (χ1v) is 8.99. The third-order valence-corrected chi connectivity index (χ3v) is 4.42. The third kappa shape index (κ3) is 4.90. The van der Waals surface area contributed by atoms with Gasteiger partial charge in [0.25, 0.3) is 0 Å². The monoisotopic (exact) mass is 349 g/mol. The van der Waals surface area contributed by atoms with Crippen molar-refractivity contribution in [3.05, 3.63) is 71.9 Å². The number of aryl methyl sites for hydroxylation is 2. The molecule has 2 aromatic carbocycles. The molecule has 126 valence electrons. The second-order valence-corrected chi connectivity index (χ2v) is 6.69. The van der Waals surface area contributed by atoms with Crippen LogP contribution in [0.2, 0.25) is 0 Å². The van der Waals surface area contributed by atoms with Crippen molar-refractivity contribution in [2.45, 2.75) is 19.0 Å². The summed E-state index contributed by atoms with van der Waals surface area (Å²) in [6.07, 6.45) is 0. The highest BCUT2D eigenvalue weighted by molar-refractivity contribution is 7.99. The van der Waals surface area contributed by atoms with Crippen molar-refractivity contribution < 1.29 is 4.79 Å². The van der Waals surface area contributed by atoms with Crippen molar-refractivity contribution in [1.29, 1.82) is 0 Å². The van der Waals surface area contributed by atoms with Gasteiger partial charge in [0.05, 0.1) is 11.4 Å². The first kappa shape index (κ1) is 17.2. The first-order chi connectivity index (χ1) is 12.1. The predicted molar refractivity (Wildman–Crippen MR) is 103 cm³/mol. The van der Waals surface area contributed by atoms with Gasteiger partial charge in [0.1, 0.15) is 0 Å². The van der Waals surface area contributed by atoms with Crippen LogP contribution in [0.15, 0.2) is 65.8 Å². The van der Waals surface area contributed by atoms with Crippen molar-refractivity contribution in [3.8, 4) is 11.3 Å². The molecule has 1 amide bonds. The van der Waals surface area contributed by atoms with E-state index < -0.39 is 0 Å². The van der Waals surface area contributed by atoms with E-state index in [4.69, 9.17) is 0 Å². The third-order valence-electron chi connectivity index (χ3n) is 3.57. The number of rotatable bonds is 5. The van der Waals surface area contributed by atoms with Crippen molar-refractivity contribution in [3.63, 3.8) is 0 Å². The molecule has 3 rings (SSSR count). The normalized spacial score (nSPS) is 10.5. The summed E-state index contributed by atoms with van der Waals surface area (Å²) in [7, 11) is 0. The quantitative estimate of drug-likeness (QED) is 0.545. The maximum Gasteiger partial charge on any atom is 0.234 e. The van der Waals surface area contributed by atoms with Gasteiger partial charge in [-0.25, -0.2) is 9.97 Å². The number of thioether (sulfide) groups is 1. The molecule has 4 nitrogen and oxygen atoms in total. The molecule has 0 spiro atoms. The van der Waals surface area contributed by atoms with Crippen LogP contribution >= 0.6 is 11.8 Å². The average molecular weight is 349 g/mol. The lowest BCUT2D eigenvalue weighted by molar-refractivity contribution is -0.113. The van der Waals surface area contributed by atoms with Crippen LogP contribution in [0.1, 0.15) is 11.3 Å². The Morgan fingerprint density at radius 1 is 1.00 bits per heavy atom. The maximum atomic E-state index is 12.1. The number of para-hydroxylation sites is 1. The summed E-state index contributed by atoms with van der Waals surface area (Å²) in [6, 6.07) is 19.6. The van der Waals surface area contributed by atoms with Crippen LogP contribution in [-0.4, -0.2) is 21.6 Å². The van der Waals surface area contributed by atoms with Gasteiger partial charge < -0.3 is 5.32 Å². The number of hydrogen-bond acceptors (Lipinski definition) is 4. The second-order valence-electron chi connectivity index (χ2n) is 5.75. The largest absolute Gasteiger partial charge is 0.325 e. The predicted octanol–water partition coefficient (Wildman–Crippen LogP) is 4.49. The zero-order chi connectivity index (χ0) is 17.6. The smallest absolute Gasteiger partial charge is 0.234 e. The molecule has 1 heterocycles. The molecular formula is C20H19N3OS. The Labute approximate surface area is 151 Å². The topological polar surface area (TPSA) is 54.9 Å². The Hall–Kier alpha value is -2.66. The molecule has 0 unspecified atom stereocenters. The number of benzene rings is 2. The van der Waals surface area contributed by atoms with E-state index in [0.717, 1.165) is 22.6 Å². The Morgan fingerprint density at radius 3 is 2.44 bits per heavy atom. The summed E-state index contributed by atoms with van der Waals surface area (Å²) in [5.74, 6) is 0.198. The summed E-state index contributed by atoms with van der Waals surface area (Å²) in [6.45, 7) is 4.00. The number of carbonyl (C=O) groups is 1. The molecule has 0 radical (unpaired) electrons. The summed E-state index contributed by atoms with van der Waals surface area (Å²) in [4.78, 5) is 21.1. The molecule has 0 atom stereocenters. The van der Waals surface area contributed by atoms with Gasteiger partial charge in [-0.3, -0.25) is 4.79 Å². The fraction of sp³-hybridized carbons (Fsp3) is 0.150. The lowest BCUT2D eigenvalue weighted by Gasteiger charge is -2.07. The van der Waals surface area contributed by atoms with Crippen molar-refractivity contribution in [2.75, 3.05) is 11.1 Å². The number of anilines is 1. The molecule has 0 aliphatic carbocycles. The fourth-order valence-corrected chi connectivity index (χ4v) is 3.03. The van der Waals surface area contributed by atoms with Crippen molar-refractivity contribution in [1.82, 2.24) is 9.97 Å². The Balaban J connectivity index is 1.68. The van der Waals surface area contributed by atoms with E-state index in [1.165, 1.54) is 17.3 Å². The SMILES string of the molecule is Cc1ccc(-c2cc(C)nc(SCC(=O)Nc3ccccc3)n2)cc1. The lowest BCUT2D eigenvalue weighted by atomic mass is 10.1. The van der Waals surface area contributed by atoms with Gasteiger partial charge in [0, 0.05) is 16.9 Å². The van der Waals surface area contributed by atoms with Gasteiger partial charge in [-0.1, -0.05) is 59.8 Å². The molecule has 0 aliphatic rings. The summed E-state index contributed by atoms with van der Waals surface area (Å²) >= 11 is 1.34. The summed E-state index contributed by atoms with van der Waals surface area (Å²) in [5.41, 5.74) is 4.81. The minimum Gasteiger partial charge on any atom is -0.325 e. The zero-order valence-corrected chi connectivity index (χ0v) is 15.0. The minimum absolute atomic E-state index is 0.0711. The standard InChI is InChI=1S/C20H19N3OS/c1-14-8-10-16(11-9-14)18-12-15(2)21-20(23-18)25-13-19(24)22-17-6-4-3-5-7-17/h3-12H,13H2,1-2H3,(H,22,24). The Kier molecular flexibility index (Phi) is 5.46. The molecule has 0 aliphatic heterocycles. The van der Waals surface area contributed by atoms with E-state index in [1.54, 1.807) is 0 Å². The Bertz CT molecular complexity index is 864. The molecule has 0 fully saturated rings. The molecular weight excluding hydrogens is 330 g/mol. The molecule has 3 aromatic rings. The van der Waals surface area contributed by atoms with Crippen LogP contribution in [0.3, 0.4) is 0 Å². The molecule has 0 bridgehead atoms. The highest BCUT2D eigenvalue weighted by Crippen LogP contribution is 2.22. The van der Waals surface area contributed by atoms with Crippen LogP contribution in [0.5, 0.6) is 0 Å². The van der Waals surface area contributed by atoms with E-state index >= 15 is 0 Å². The summed E-state index contributed by atoms with van der Waals surface area (Å²) in [5, 5.41) is 3.47. The van der Waals surface area contributed by atoms with Crippen LogP contribution in [-0.2, 0) is 4.79 Å². The highest BCUT2D eigenvalue weighted by atomic mass is 32.2. The van der Waals surface area contributed by atoms with E-state index in [0.29, 0.717) is 5.16 Å². The maximum absolute atomic E-state index is 12.1. The van der Waals surface area contributed by atoms with Gasteiger partial charge >= 0.3 is 0 Å². The fourth-order valence-electron chi connectivity index (χ4n) is 2.33. The number of nitrogens with zero attached hydrogens (tertiary/aromatic N) is 2. The van der Waals surface area contributed by atoms with E-state index in [2.05, 4.69) is 34.3 Å². The summed E-state index contributed by atoms with van der Waals surface area (Å²) < 4.78 is 0. The second kappa shape index (κ2) is 7.94. The van der Waals surface area contributed by atoms with Crippen molar-refractivity contribution in [2.24, 2.45) is 0 Å². The van der Waals surface area contributed by atoms with Gasteiger partial charge in [-0.15, -0.1) is 0 Å². The lowest BCUT2D eigenvalue weighted by Crippen LogP contribution is -2.14. The van der Waals surface area contributed by atoms with Crippen LogP contribution in [0, 0.1) is 13.8 Å². The zero-order valence-electron chi connectivity index (χ0n) is 14.2. The molecule has 0 saturated carbocycles. The number of hydrogen-bond donors (Lipinski definition) is 1. The number of carbonyl (C=O) groups excluding carboxylic acids is 1. The van der Waals surface area contributed by atoms with Crippen LogP contribution in [0.25, 0.3) is 11.3 Å². The molecule has 0 saturated heterocycles. The number of aromatic nitrogens is 2. The van der Waals surface area contributed by atoms with Crippen molar-refractivity contribution >= 4 is 23.4 Å². The average Bonchev–Trinajstić information content (AvgIpc) is 2.61. The van der Waals surface area contributed by atoms with Gasteiger partial charge in [0.15, 0.2) is 5.16 Å². The van der Waals surface area contributed by atoms with Gasteiger partial charge in [0.2, 0.25) is 5.91 Å². The van der Waals surface area contributed by atoms with Crippen LogP contribution < -0.4 is 5.32 Å². The van der Waals surface area contributed by atoms with Gasteiger partial charge in [-0.05, 0) is 32.0 Å². The number of amides is 1. The number of nitrogens with one attached hydrogen (secondary N) is 1. The molecule has 25 heavy (non-hydrogen) atoms. The molecule has 5 heteroatoms. The highest BCUT2D eigenvalue weighted by Gasteiger charge is 2.08. The van der Waals surface area contributed by atoms with E-state index in [1.807, 2.05) is 55.5 Å². The van der Waals surface area contributed by atoms with E-state index in [9.17, 15) is 4.79 Å².